The van der Waals surface area contributed by atoms with Gasteiger partial charge in [0.1, 0.15) is 6.61 Å². The van der Waals surface area contributed by atoms with Crippen LogP contribution in [0.1, 0.15) is 181 Å². The number of hydrogen-bond acceptors (Lipinski definition) is 8. The van der Waals surface area contributed by atoms with Gasteiger partial charge in [0, 0.05) is 19.4 Å². The SMILES string of the molecule is CCCCCCC=CCCCCCCCCCC(=O)O[C@H](COC(=O)CCCCCCCCCCCCC)COP(=O)(O)OCCN. The van der Waals surface area contributed by atoms with Gasteiger partial charge in [0.15, 0.2) is 6.10 Å². The molecule has 0 saturated heterocycles. The molecular formula is C37H72NO8P. The van der Waals surface area contributed by atoms with Gasteiger partial charge in [0.05, 0.1) is 13.2 Å². The predicted octanol–water partition coefficient (Wildman–Crippen LogP) is 10.3. The molecule has 0 aliphatic carbocycles. The van der Waals surface area contributed by atoms with Crippen molar-refractivity contribution in [1.82, 2.24) is 0 Å². The molecule has 0 heterocycles. The molecule has 0 spiro atoms. The minimum absolute atomic E-state index is 0.0551. The van der Waals surface area contributed by atoms with Gasteiger partial charge in [-0.15, -0.1) is 0 Å². The molecule has 0 aromatic rings. The maximum Gasteiger partial charge on any atom is 0.472 e. The second kappa shape index (κ2) is 34.6. The van der Waals surface area contributed by atoms with E-state index in [1.807, 2.05) is 0 Å². The molecule has 0 radical (unpaired) electrons. The van der Waals surface area contributed by atoms with Crippen molar-refractivity contribution in [3.05, 3.63) is 12.2 Å². The maximum atomic E-state index is 12.5. The van der Waals surface area contributed by atoms with Crippen LogP contribution in [0.2, 0.25) is 0 Å². The molecule has 0 aliphatic rings. The van der Waals surface area contributed by atoms with Crippen molar-refractivity contribution >= 4 is 19.8 Å². The number of ether oxygens (including phenoxy) is 2. The molecule has 0 rings (SSSR count). The summed E-state index contributed by atoms with van der Waals surface area (Å²) in [5, 5.41) is 0. The minimum Gasteiger partial charge on any atom is -0.462 e. The zero-order valence-corrected chi connectivity index (χ0v) is 31.2. The maximum absolute atomic E-state index is 12.5. The number of esters is 2. The van der Waals surface area contributed by atoms with Crippen LogP contribution in [0.4, 0.5) is 0 Å². The predicted molar refractivity (Wildman–Crippen MR) is 192 cm³/mol. The molecule has 10 heteroatoms. The second-order valence-electron chi connectivity index (χ2n) is 12.8. The third-order valence-corrected chi connectivity index (χ3v) is 9.14. The Hall–Kier alpha value is -1.25. The molecule has 2 atom stereocenters. The molecule has 0 bridgehead atoms. The monoisotopic (exact) mass is 689 g/mol. The van der Waals surface area contributed by atoms with Crippen LogP contribution >= 0.6 is 7.82 Å². The van der Waals surface area contributed by atoms with Crippen LogP contribution < -0.4 is 5.73 Å². The lowest BCUT2D eigenvalue weighted by molar-refractivity contribution is -0.161. The van der Waals surface area contributed by atoms with Gasteiger partial charge < -0.3 is 20.1 Å². The van der Waals surface area contributed by atoms with Crippen LogP contribution in [0.5, 0.6) is 0 Å². The van der Waals surface area contributed by atoms with Gasteiger partial charge >= 0.3 is 19.8 Å². The lowest BCUT2D eigenvalue weighted by Crippen LogP contribution is -2.29. The van der Waals surface area contributed by atoms with Crippen LogP contribution in [-0.4, -0.2) is 49.3 Å². The van der Waals surface area contributed by atoms with E-state index in [2.05, 4.69) is 26.0 Å². The van der Waals surface area contributed by atoms with E-state index in [0.717, 1.165) is 44.9 Å². The highest BCUT2D eigenvalue weighted by molar-refractivity contribution is 7.47. The summed E-state index contributed by atoms with van der Waals surface area (Å²) < 4.78 is 32.6. The number of carbonyl (C=O) groups is 2. The van der Waals surface area contributed by atoms with E-state index in [9.17, 15) is 19.0 Å². The van der Waals surface area contributed by atoms with Crippen molar-refractivity contribution in [2.75, 3.05) is 26.4 Å². The lowest BCUT2D eigenvalue weighted by atomic mass is 10.1. The minimum atomic E-state index is -4.36. The Morgan fingerprint density at radius 2 is 1.04 bits per heavy atom. The summed E-state index contributed by atoms with van der Waals surface area (Å²) >= 11 is 0. The number of rotatable bonds is 36. The number of allylic oxidation sites excluding steroid dienone is 2. The first-order valence-electron chi connectivity index (χ1n) is 19.2. The van der Waals surface area contributed by atoms with E-state index in [-0.39, 0.29) is 38.6 Å². The highest BCUT2D eigenvalue weighted by Crippen LogP contribution is 2.43. The summed E-state index contributed by atoms with van der Waals surface area (Å²) in [5.41, 5.74) is 5.33. The fourth-order valence-corrected chi connectivity index (χ4v) is 6.04. The lowest BCUT2D eigenvalue weighted by Gasteiger charge is -2.19. The molecule has 9 nitrogen and oxygen atoms in total. The Bertz CT molecular complexity index is 794. The summed E-state index contributed by atoms with van der Waals surface area (Å²) in [4.78, 5) is 34.7. The fraction of sp³-hybridized carbons (Fsp3) is 0.892. The zero-order chi connectivity index (χ0) is 34.7. The Labute approximate surface area is 288 Å². The van der Waals surface area contributed by atoms with Gasteiger partial charge in [-0.25, -0.2) is 4.57 Å². The molecule has 0 saturated carbocycles. The number of carbonyl (C=O) groups excluding carboxylic acids is 2. The first-order valence-corrected chi connectivity index (χ1v) is 20.7. The number of phosphoric acid groups is 1. The molecule has 0 aromatic heterocycles. The Balaban J connectivity index is 4.21. The fourth-order valence-electron chi connectivity index (χ4n) is 5.28. The first kappa shape index (κ1) is 45.8. The summed E-state index contributed by atoms with van der Waals surface area (Å²) in [6, 6.07) is 0. The number of nitrogens with two attached hydrogens (primary N) is 1. The quantitative estimate of drug-likeness (QED) is 0.0285. The van der Waals surface area contributed by atoms with E-state index < -0.39 is 26.5 Å². The topological polar surface area (TPSA) is 134 Å². The highest BCUT2D eigenvalue weighted by Gasteiger charge is 2.25. The van der Waals surface area contributed by atoms with E-state index >= 15 is 0 Å². The molecular weight excluding hydrogens is 617 g/mol. The van der Waals surface area contributed by atoms with E-state index in [0.29, 0.717) is 6.42 Å². The average molecular weight is 690 g/mol. The van der Waals surface area contributed by atoms with Gasteiger partial charge in [-0.1, -0.05) is 142 Å². The van der Waals surface area contributed by atoms with E-state index in [1.165, 1.54) is 103 Å². The van der Waals surface area contributed by atoms with Gasteiger partial charge in [-0.3, -0.25) is 18.6 Å². The first-order chi connectivity index (χ1) is 22.8. The standard InChI is InChI=1S/C37H72NO8P/c1-3-5-7-9-11-13-15-16-17-18-20-22-24-26-28-30-37(40)46-35(34-45-47(41,42)44-32-31-38)33-43-36(39)29-27-25-23-21-19-14-12-10-8-6-4-2/h13,15,35H,3-12,14,16-34,38H2,1-2H3,(H,41,42)/t35-/m1/s1. The molecule has 0 amide bonds. The van der Waals surface area contributed by atoms with E-state index in [4.69, 9.17) is 24.3 Å². The molecule has 278 valence electrons. The number of hydrogen-bond donors (Lipinski definition) is 2. The Kier molecular flexibility index (Phi) is 33.7. The zero-order valence-electron chi connectivity index (χ0n) is 30.3. The van der Waals surface area contributed by atoms with Crippen LogP contribution in [0.25, 0.3) is 0 Å². The van der Waals surface area contributed by atoms with Crippen LogP contribution in [-0.2, 0) is 32.7 Å². The highest BCUT2D eigenvalue weighted by atomic mass is 31.2. The van der Waals surface area contributed by atoms with Gasteiger partial charge in [-0.05, 0) is 38.5 Å². The average Bonchev–Trinajstić information content (AvgIpc) is 3.05. The Morgan fingerprint density at radius 3 is 1.53 bits per heavy atom. The van der Waals surface area contributed by atoms with Crippen molar-refractivity contribution < 1.29 is 37.6 Å². The van der Waals surface area contributed by atoms with Crippen LogP contribution in [0.15, 0.2) is 12.2 Å². The van der Waals surface area contributed by atoms with Crippen LogP contribution in [0, 0.1) is 0 Å². The largest absolute Gasteiger partial charge is 0.472 e. The molecule has 3 N–H and O–H groups in total. The second-order valence-corrected chi connectivity index (χ2v) is 14.3. The summed E-state index contributed by atoms with van der Waals surface area (Å²) in [5.74, 6) is -0.830. The van der Waals surface area contributed by atoms with E-state index in [1.54, 1.807) is 0 Å². The molecule has 0 aromatic carbocycles. The third-order valence-electron chi connectivity index (χ3n) is 8.15. The van der Waals surface area contributed by atoms with Crippen molar-refractivity contribution in [2.45, 2.75) is 187 Å². The van der Waals surface area contributed by atoms with Crippen molar-refractivity contribution in [3.8, 4) is 0 Å². The van der Waals surface area contributed by atoms with Gasteiger partial charge in [-0.2, -0.15) is 0 Å². The van der Waals surface area contributed by atoms with Crippen molar-refractivity contribution in [3.63, 3.8) is 0 Å². The third kappa shape index (κ3) is 34.4. The normalized spacial score (nSPS) is 13.5. The number of unbranched alkanes of at least 4 members (excludes halogenated alkanes) is 21. The molecule has 1 unspecified atom stereocenters. The van der Waals surface area contributed by atoms with Crippen molar-refractivity contribution in [2.24, 2.45) is 5.73 Å². The van der Waals surface area contributed by atoms with Crippen molar-refractivity contribution in [1.29, 1.82) is 0 Å². The molecule has 0 fully saturated rings. The summed E-state index contributed by atoms with van der Waals surface area (Å²) in [6.45, 7) is 3.71. The van der Waals surface area contributed by atoms with Gasteiger partial charge in [0.25, 0.3) is 0 Å². The molecule has 47 heavy (non-hydrogen) atoms. The summed E-state index contributed by atoms with van der Waals surface area (Å²) in [7, 11) is -4.36. The van der Waals surface area contributed by atoms with Gasteiger partial charge in [0.2, 0.25) is 0 Å². The smallest absolute Gasteiger partial charge is 0.462 e. The Morgan fingerprint density at radius 1 is 0.617 bits per heavy atom. The van der Waals surface area contributed by atoms with Crippen LogP contribution in [0.3, 0.4) is 0 Å². The number of phosphoric ester groups is 1. The molecule has 0 aliphatic heterocycles. The summed E-state index contributed by atoms with van der Waals surface area (Å²) in [6.07, 6.45) is 32.4.